The van der Waals surface area contributed by atoms with Crippen LogP contribution in [0, 0.1) is 0 Å². The van der Waals surface area contributed by atoms with Gasteiger partial charge in [-0.25, -0.2) is 0 Å². The lowest BCUT2D eigenvalue weighted by atomic mass is 10.0. The van der Waals surface area contributed by atoms with Crippen molar-refractivity contribution >= 4 is 102 Å². The molecule has 0 atom stereocenters. The van der Waals surface area contributed by atoms with Crippen molar-refractivity contribution in [2.75, 3.05) is 4.90 Å². The molecule has 4 heteroatoms. The largest absolute Gasteiger partial charge is 0.309 e. The maximum atomic E-state index is 2.45. The average Bonchev–Trinajstić information content (AvgIpc) is 3.96. The molecule has 0 radical (unpaired) electrons. The van der Waals surface area contributed by atoms with Crippen molar-refractivity contribution < 1.29 is 0 Å². The Bertz CT molecular complexity index is 3500. The highest BCUT2D eigenvalue weighted by Gasteiger charge is 2.20. The number of para-hydroxylation sites is 2. The molecule has 0 spiro atoms. The number of aromatic nitrogens is 1. The van der Waals surface area contributed by atoms with E-state index in [4.69, 9.17) is 0 Å². The molecule has 0 aliphatic heterocycles. The second-order valence-corrected chi connectivity index (χ2v) is 17.0. The van der Waals surface area contributed by atoms with Crippen molar-refractivity contribution in [3.8, 4) is 27.9 Å². The normalized spacial score (nSPS) is 11.8. The summed E-state index contributed by atoms with van der Waals surface area (Å²) in [5, 5.41) is 7.71. The quantitative estimate of drug-likeness (QED) is 0.163. The highest BCUT2D eigenvalue weighted by molar-refractivity contribution is 7.26. The molecule has 272 valence electrons. The van der Waals surface area contributed by atoms with Gasteiger partial charge in [0.25, 0.3) is 0 Å². The summed E-state index contributed by atoms with van der Waals surface area (Å²) in [5.41, 5.74) is 12.0. The number of thiophene rings is 2. The fourth-order valence-electron chi connectivity index (χ4n) is 8.86. The molecule has 2 nitrogen and oxygen atoms in total. The molecule has 0 saturated carbocycles. The highest BCUT2D eigenvalue weighted by atomic mass is 32.1. The summed E-state index contributed by atoms with van der Waals surface area (Å²) in [7, 11) is 0. The molecule has 58 heavy (non-hydrogen) atoms. The number of fused-ring (bicyclic) bond motifs is 9. The van der Waals surface area contributed by atoms with Crippen molar-refractivity contribution in [2.24, 2.45) is 0 Å². The van der Waals surface area contributed by atoms with Gasteiger partial charge in [-0.1, -0.05) is 127 Å². The highest BCUT2D eigenvalue weighted by Crippen LogP contribution is 2.47. The molecule has 0 fully saturated rings. The standard InChI is InChI=1S/C54H34N2S2/c1-3-12-35(13-4-1)36-22-26-40(27-23-36)55(50-20-11-18-45-43-17-8-10-21-51(43)58-54(45)50)41-28-29-44-47-33-38(25-31-52(47)57-53(44)34-41)37-24-30-49-46(32-37)42-16-7-9-19-48(42)56(49)39-14-5-2-6-15-39/h1-34H. The maximum Gasteiger partial charge on any atom is 0.0640 e. The number of anilines is 3. The Hall–Kier alpha value is -6.98. The Balaban J connectivity index is 0.986. The van der Waals surface area contributed by atoms with E-state index < -0.39 is 0 Å². The van der Waals surface area contributed by atoms with E-state index in [9.17, 15) is 0 Å². The van der Waals surface area contributed by atoms with E-state index in [-0.39, 0.29) is 0 Å². The van der Waals surface area contributed by atoms with Gasteiger partial charge < -0.3 is 9.47 Å². The van der Waals surface area contributed by atoms with Gasteiger partial charge in [-0.3, -0.25) is 0 Å². The predicted molar refractivity (Wildman–Crippen MR) is 252 cm³/mol. The Morgan fingerprint density at radius 3 is 1.78 bits per heavy atom. The van der Waals surface area contributed by atoms with Gasteiger partial charge in [0.1, 0.15) is 0 Å². The van der Waals surface area contributed by atoms with Crippen LogP contribution in [0.1, 0.15) is 0 Å². The molecule has 0 saturated heterocycles. The van der Waals surface area contributed by atoms with Crippen LogP contribution in [0.2, 0.25) is 0 Å². The van der Waals surface area contributed by atoms with Crippen LogP contribution >= 0.6 is 22.7 Å². The van der Waals surface area contributed by atoms with Crippen LogP contribution in [0.3, 0.4) is 0 Å². The maximum absolute atomic E-state index is 2.45. The zero-order valence-electron chi connectivity index (χ0n) is 31.3. The SMILES string of the molecule is c1ccc(-c2ccc(N(c3ccc4c(c3)sc3ccc(-c5ccc6c(c5)c5ccccc5n6-c5ccccc5)cc34)c3cccc4c3sc3ccccc34)cc2)cc1. The van der Waals surface area contributed by atoms with E-state index in [2.05, 4.69) is 216 Å². The number of rotatable bonds is 6. The topological polar surface area (TPSA) is 8.17 Å². The van der Waals surface area contributed by atoms with E-state index in [1.807, 2.05) is 22.7 Å². The molecule has 12 rings (SSSR count). The van der Waals surface area contributed by atoms with Gasteiger partial charge in [-0.05, 0) is 101 Å². The third-order valence-electron chi connectivity index (χ3n) is 11.6. The molecule has 0 unspecified atom stereocenters. The van der Waals surface area contributed by atoms with E-state index in [1.165, 1.54) is 95.8 Å². The molecule has 0 aliphatic rings. The first-order valence-electron chi connectivity index (χ1n) is 19.7. The van der Waals surface area contributed by atoms with Crippen molar-refractivity contribution in [3.05, 3.63) is 206 Å². The first-order chi connectivity index (χ1) is 28.7. The molecular formula is C54H34N2S2. The molecule has 3 heterocycles. The minimum atomic E-state index is 1.14. The van der Waals surface area contributed by atoms with E-state index in [1.54, 1.807) is 0 Å². The van der Waals surface area contributed by atoms with E-state index in [0.717, 1.165) is 11.4 Å². The van der Waals surface area contributed by atoms with Gasteiger partial charge in [0.05, 0.1) is 21.4 Å². The van der Waals surface area contributed by atoms with Crippen LogP contribution in [0.15, 0.2) is 206 Å². The molecule has 3 aromatic heterocycles. The monoisotopic (exact) mass is 774 g/mol. The van der Waals surface area contributed by atoms with Crippen molar-refractivity contribution in [1.29, 1.82) is 0 Å². The fraction of sp³-hybridized carbons (Fsp3) is 0. The zero-order valence-corrected chi connectivity index (χ0v) is 33.0. The van der Waals surface area contributed by atoms with E-state index in [0.29, 0.717) is 0 Å². The minimum Gasteiger partial charge on any atom is -0.309 e. The fourth-order valence-corrected chi connectivity index (χ4v) is 11.2. The van der Waals surface area contributed by atoms with Crippen LogP contribution in [-0.4, -0.2) is 4.57 Å². The lowest BCUT2D eigenvalue weighted by Crippen LogP contribution is -2.09. The average molecular weight is 775 g/mol. The van der Waals surface area contributed by atoms with Crippen LogP contribution in [0.4, 0.5) is 17.1 Å². The van der Waals surface area contributed by atoms with Crippen molar-refractivity contribution in [2.45, 2.75) is 0 Å². The molecule has 0 N–H and O–H groups in total. The number of hydrogen-bond donors (Lipinski definition) is 0. The molecule has 12 aromatic rings. The van der Waals surface area contributed by atoms with Crippen molar-refractivity contribution in [1.82, 2.24) is 4.57 Å². The first kappa shape index (κ1) is 33.2. The first-order valence-corrected chi connectivity index (χ1v) is 21.3. The Kier molecular flexibility index (Phi) is 7.62. The number of hydrogen-bond acceptors (Lipinski definition) is 3. The molecule has 9 aromatic carbocycles. The lowest BCUT2D eigenvalue weighted by Gasteiger charge is -2.26. The molecular weight excluding hydrogens is 741 g/mol. The molecule has 0 bridgehead atoms. The lowest BCUT2D eigenvalue weighted by molar-refractivity contribution is 1.18. The van der Waals surface area contributed by atoms with Gasteiger partial charge in [-0.15, -0.1) is 22.7 Å². The summed E-state index contributed by atoms with van der Waals surface area (Å²) in [6.07, 6.45) is 0. The summed E-state index contributed by atoms with van der Waals surface area (Å²) < 4.78 is 7.55. The summed E-state index contributed by atoms with van der Waals surface area (Å²) >= 11 is 3.75. The van der Waals surface area contributed by atoms with Gasteiger partial charge in [0.2, 0.25) is 0 Å². The summed E-state index contributed by atoms with van der Waals surface area (Å²) in [4.78, 5) is 2.45. The minimum absolute atomic E-state index is 1.14. The summed E-state index contributed by atoms with van der Waals surface area (Å²) in [6, 6.07) is 75.6. The van der Waals surface area contributed by atoms with Crippen LogP contribution < -0.4 is 4.90 Å². The Labute approximate surface area is 343 Å². The van der Waals surface area contributed by atoms with Crippen LogP contribution in [-0.2, 0) is 0 Å². The Morgan fingerprint density at radius 1 is 0.328 bits per heavy atom. The third-order valence-corrected chi connectivity index (χ3v) is 13.9. The number of benzene rings is 9. The van der Waals surface area contributed by atoms with Gasteiger partial charge in [0, 0.05) is 63.5 Å². The second kappa shape index (κ2) is 13.3. The summed E-state index contributed by atoms with van der Waals surface area (Å²) in [6.45, 7) is 0. The van der Waals surface area contributed by atoms with Crippen LogP contribution in [0.25, 0.3) is 90.1 Å². The van der Waals surface area contributed by atoms with Crippen molar-refractivity contribution in [3.63, 3.8) is 0 Å². The smallest absolute Gasteiger partial charge is 0.0640 e. The molecule has 0 amide bonds. The second-order valence-electron chi connectivity index (χ2n) is 14.9. The zero-order chi connectivity index (χ0) is 38.2. The van der Waals surface area contributed by atoms with Crippen LogP contribution in [0.5, 0.6) is 0 Å². The predicted octanol–water partition coefficient (Wildman–Crippen LogP) is 16.3. The van der Waals surface area contributed by atoms with Gasteiger partial charge in [0.15, 0.2) is 0 Å². The molecule has 0 aliphatic carbocycles. The van der Waals surface area contributed by atoms with Gasteiger partial charge in [-0.2, -0.15) is 0 Å². The van der Waals surface area contributed by atoms with Gasteiger partial charge >= 0.3 is 0 Å². The summed E-state index contributed by atoms with van der Waals surface area (Å²) in [5.74, 6) is 0. The Morgan fingerprint density at radius 2 is 0.931 bits per heavy atom. The van der Waals surface area contributed by atoms with E-state index >= 15 is 0 Å². The number of nitrogens with zero attached hydrogens (tertiary/aromatic N) is 2. The third kappa shape index (κ3) is 5.30.